The van der Waals surface area contributed by atoms with Gasteiger partial charge in [-0.05, 0) is 6.92 Å². The average Bonchev–Trinajstić information content (AvgIpc) is 2.48. The number of H-pyrrole nitrogens is 1. The summed E-state index contributed by atoms with van der Waals surface area (Å²) < 4.78 is 0. The van der Waals surface area contributed by atoms with Gasteiger partial charge in [-0.1, -0.05) is 0 Å². The first-order valence-electron chi connectivity index (χ1n) is 4.24. The van der Waals surface area contributed by atoms with E-state index in [1.807, 2.05) is 0 Å². The van der Waals surface area contributed by atoms with Crippen molar-refractivity contribution in [3.63, 3.8) is 0 Å². The Morgan fingerprint density at radius 1 is 1.86 bits per heavy atom. The van der Waals surface area contributed by atoms with Crippen LogP contribution in [0.4, 0.5) is 5.82 Å². The monoisotopic (exact) mass is 198 g/mol. The van der Waals surface area contributed by atoms with E-state index in [4.69, 9.17) is 10.8 Å². The van der Waals surface area contributed by atoms with E-state index in [1.165, 1.54) is 11.1 Å². The van der Waals surface area contributed by atoms with Gasteiger partial charge in [-0.2, -0.15) is 5.10 Å². The van der Waals surface area contributed by atoms with Gasteiger partial charge >= 0.3 is 0 Å². The van der Waals surface area contributed by atoms with Crippen molar-refractivity contribution in [1.29, 1.82) is 0 Å². The molecule has 0 aliphatic carbocycles. The summed E-state index contributed by atoms with van der Waals surface area (Å²) in [5, 5.41) is 15.2. The highest BCUT2D eigenvalue weighted by molar-refractivity contribution is 5.97. The number of amides is 1. The van der Waals surface area contributed by atoms with Crippen molar-refractivity contribution in [2.24, 2.45) is 0 Å². The predicted molar refractivity (Wildman–Crippen MR) is 51.6 cm³/mol. The third kappa shape index (κ3) is 2.23. The van der Waals surface area contributed by atoms with Gasteiger partial charge in [0.25, 0.3) is 5.91 Å². The SMILES string of the molecule is CC(O)CN(C)C(=O)c1cn[nH]c1N. The van der Waals surface area contributed by atoms with E-state index in [-0.39, 0.29) is 18.3 Å². The number of aliphatic hydroxyl groups excluding tert-OH is 1. The van der Waals surface area contributed by atoms with Crippen LogP contribution in [-0.4, -0.2) is 45.8 Å². The van der Waals surface area contributed by atoms with Crippen LogP contribution in [0.3, 0.4) is 0 Å². The van der Waals surface area contributed by atoms with Gasteiger partial charge in [-0.3, -0.25) is 9.89 Å². The largest absolute Gasteiger partial charge is 0.392 e. The Kier molecular flexibility index (Phi) is 3.08. The average molecular weight is 198 g/mol. The van der Waals surface area contributed by atoms with Crippen LogP contribution >= 0.6 is 0 Å². The van der Waals surface area contributed by atoms with E-state index < -0.39 is 6.10 Å². The van der Waals surface area contributed by atoms with Crippen molar-refractivity contribution < 1.29 is 9.90 Å². The zero-order valence-corrected chi connectivity index (χ0v) is 8.19. The molecule has 1 atom stereocenters. The maximum atomic E-state index is 11.6. The number of carbonyl (C=O) groups excluding carboxylic acids is 1. The highest BCUT2D eigenvalue weighted by Gasteiger charge is 2.17. The second-order valence-corrected chi connectivity index (χ2v) is 3.23. The smallest absolute Gasteiger partial charge is 0.259 e. The molecule has 78 valence electrons. The molecule has 6 nitrogen and oxygen atoms in total. The van der Waals surface area contributed by atoms with Crippen molar-refractivity contribution in [2.45, 2.75) is 13.0 Å². The van der Waals surface area contributed by atoms with Crippen molar-refractivity contribution in [2.75, 3.05) is 19.3 Å². The Hall–Kier alpha value is -1.56. The number of rotatable bonds is 3. The summed E-state index contributed by atoms with van der Waals surface area (Å²) in [4.78, 5) is 13.0. The molecule has 1 amide bonds. The van der Waals surface area contributed by atoms with Gasteiger partial charge in [-0.25, -0.2) is 0 Å². The molecule has 4 N–H and O–H groups in total. The first kappa shape index (κ1) is 10.5. The van der Waals surface area contributed by atoms with Gasteiger partial charge in [0.1, 0.15) is 11.4 Å². The molecule has 1 aromatic rings. The lowest BCUT2D eigenvalue weighted by Gasteiger charge is -2.17. The van der Waals surface area contributed by atoms with Gasteiger partial charge in [-0.15, -0.1) is 0 Å². The summed E-state index contributed by atoms with van der Waals surface area (Å²) >= 11 is 0. The number of nitrogen functional groups attached to an aromatic ring is 1. The van der Waals surface area contributed by atoms with Gasteiger partial charge in [0.05, 0.1) is 12.3 Å². The van der Waals surface area contributed by atoms with E-state index in [0.29, 0.717) is 5.56 Å². The lowest BCUT2D eigenvalue weighted by Crippen LogP contribution is -2.33. The fourth-order valence-electron chi connectivity index (χ4n) is 1.15. The molecule has 0 saturated heterocycles. The molecule has 1 rings (SSSR count). The normalized spacial score (nSPS) is 12.5. The number of nitrogens with zero attached hydrogens (tertiary/aromatic N) is 2. The van der Waals surface area contributed by atoms with Crippen molar-refractivity contribution >= 4 is 11.7 Å². The number of nitrogens with two attached hydrogens (primary N) is 1. The van der Waals surface area contributed by atoms with Crippen molar-refractivity contribution in [3.05, 3.63) is 11.8 Å². The standard InChI is InChI=1S/C8H14N4O2/c1-5(13)4-12(2)8(14)6-3-10-11-7(6)9/h3,5,13H,4H2,1-2H3,(H3,9,10,11). The third-order valence-corrected chi connectivity index (χ3v) is 1.78. The van der Waals surface area contributed by atoms with E-state index in [0.717, 1.165) is 0 Å². The number of carbonyl (C=O) groups is 1. The van der Waals surface area contributed by atoms with Crippen molar-refractivity contribution in [3.8, 4) is 0 Å². The minimum atomic E-state index is -0.558. The highest BCUT2D eigenvalue weighted by atomic mass is 16.3. The third-order valence-electron chi connectivity index (χ3n) is 1.78. The van der Waals surface area contributed by atoms with E-state index in [1.54, 1.807) is 14.0 Å². The highest BCUT2D eigenvalue weighted by Crippen LogP contribution is 2.09. The molecule has 1 aromatic heterocycles. The number of nitrogens with one attached hydrogen (secondary N) is 1. The number of aliphatic hydroxyl groups is 1. The summed E-state index contributed by atoms with van der Waals surface area (Å²) in [5.41, 5.74) is 5.81. The van der Waals surface area contributed by atoms with Gasteiger partial charge in [0.2, 0.25) is 0 Å². The van der Waals surface area contributed by atoms with Gasteiger partial charge < -0.3 is 15.7 Å². The Morgan fingerprint density at radius 2 is 2.50 bits per heavy atom. The molecule has 0 aliphatic heterocycles. The molecule has 0 aromatic carbocycles. The second-order valence-electron chi connectivity index (χ2n) is 3.23. The molecule has 0 bridgehead atoms. The van der Waals surface area contributed by atoms with Crippen LogP contribution in [-0.2, 0) is 0 Å². The lowest BCUT2D eigenvalue weighted by atomic mass is 10.2. The van der Waals surface area contributed by atoms with E-state index >= 15 is 0 Å². The van der Waals surface area contributed by atoms with E-state index in [9.17, 15) is 4.79 Å². The molecule has 0 saturated carbocycles. The number of anilines is 1. The zero-order valence-electron chi connectivity index (χ0n) is 8.19. The fourth-order valence-corrected chi connectivity index (χ4v) is 1.15. The fraction of sp³-hybridized carbons (Fsp3) is 0.500. The van der Waals surface area contributed by atoms with Crippen LogP contribution in [0.1, 0.15) is 17.3 Å². The number of aromatic nitrogens is 2. The Labute approximate surface area is 81.7 Å². The van der Waals surface area contributed by atoms with Crippen LogP contribution < -0.4 is 5.73 Å². The number of hydrogen-bond acceptors (Lipinski definition) is 4. The molecule has 1 heterocycles. The first-order chi connectivity index (χ1) is 6.52. The Morgan fingerprint density at radius 3 is 2.93 bits per heavy atom. The molecule has 14 heavy (non-hydrogen) atoms. The van der Waals surface area contributed by atoms with E-state index in [2.05, 4.69) is 10.2 Å². The number of aromatic amines is 1. The van der Waals surface area contributed by atoms with Gasteiger partial charge in [0, 0.05) is 13.6 Å². The molecular formula is C8H14N4O2. The Bertz CT molecular complexity index is 321. The summed E-state index contributed by atoms with van der Waals surface area (Å²) in [6, 6.07) is 0. The number of likely N-dealkylation sites (N-methyl/N-ethyl adjacent to an activating group) is 1. The quantitative estimate of drug-likeness (QED) is 0.607. The molecule has 0 spiro atoms. The molecule has 0 aliphatic rings. The molecule has 6 heteroatoms. The van der Waals surface area contributed by atoms with Crippen LogP contribution in [0.5, 0.6) is 0 Å². The van der Waals surface area contributed by atoms with Crippen LogP contribution in [0.15, 0.2) is 6.20 Å². The second kappa shape index (κ2) is 4.10. The first-order valence-corrected chi connectivity index (χ1v) is 4.24. The predicted octanol–water partition coefficient (Wildman–Crippen LogP) is -0.555. The molecule has 1 unspecified atom stereocenters. The van der Waals surface area contributed by atoms with Crippen LogP contribution in [0, 0.1) is 0 Å². The van der Waals surface area contributed by atoms with Gasteiger partial charge in [0.15, 0.2) is 0 Å². The van der Waals surface area contributed by atoms with Crippen molar-refractivity contribution in [1.82, 2.24) is 15.1 Å². The maximum absolute atomic E-state index is 11.6. The summed E-state index contributed by atoms with van der Waals surface area (Å²) in [6.07, 6.45) is 0.813. The number of hydrogen-bond donors (Lipinski definition) is 3. The topological polar surface area (TPSA) is 95.2 Å². The Balaban J connectivity index is 2.71. The molecule has 0 fully saturated rings. The summed E-state index contributed by atoms with van der Waals surface area (Å²) in [5.74, 6) is -0.00964. The zero-order chi connectivity index (χ0) is 10.7. The molecule has 0 radical (unpaired) electrons. The minimum Gasteiger partial charge on any atom is -0.392 e. The van der Waals surface area contributed by atoms with Crippen LogP contribution in [0.25, 0.3) is 0 Å². The van der Waals surface area contributed by atoms with Crippen LogP contribution in [0.2, 0.25) is 0 Å². The lowest BCUT2D eigenvalue weighted by molar-refractivity contribution is 0.0705. The summed E-state index contributed by atoms with van der Waals surface area (Å²) in [7, 11) is 1.60. The summed E-state index contributed by atoms with van der Waals surface area (Å²) in [6.45, 7) is 1.88. The minimum absolute atomic E-state index is 0.243. The maximum Gasteiger partial charge on any atom is 0.259 e. The molecular weight excluding hydrogens is 184 g/mol.